The van der Waals surface area contributed by atoms with E-state index in [1.807, 2.05) is 51.1 Å². The molecule has 21 heavy (non-hydrogen) atoms. The van der Waals surface area contributed by atoms with Crippen molar-refractivity contribution in [2.45, 2.75) is 39.3 Å². The van der Waals surface area contributed by atoms with E-state index < -0.39 is 0 Å². The van der Waals surface area contributed by atoms with Gasteiger partial charge in [-0.05, 0) is 26.0 Å². The van der Waals surface area contributed by atoms with E-state index in [2.05, 4.69) is 10.2 Å². The zero-order valence-electron chi connectivity index (χ0n) is 13.0. The molecule has 1 rings (SSSR count). The fraction of sp³-hybridized carbons (Fsp3) is 0.500. The van der Waals surface area contributed by atoms with Gasteiger partial charge < -0.3 is 11.1 Å². The van der Waals surface area contributed by atoms with E-state index in [4.69, 9.17) is 18.0 Å². The van der Waals surface area contributed by atoms with E-state index >= 15 is 0 Å². The average molecular weight is 307 g/mol. The smallest absolute Gasteiger partial charge is 0.234 e. The molecular formula is C16H25N3OS. The van der Waals surface area contributed by atoms with E-state index in [0.29, 0.717) is 18.0 Å². The van der Waals surface area contributed by atoms with Crippen LogP contribution in [0.3, 0.4) is 0 Å². The Hall–Kier alpha value is -1.46. The van der Waals surface area contributed by atoms with E-state index in [1.165, 1.54) is 0 Å². The highest BCUT2D eigenvalue weighted by molar-refractivity contribution is 7.80. The third-order valence-electron chi connectivity index (χ3n) is 3.22. The summed E-state index contributed by atoms with van der Waals surface area (Å²) >= 11 is 5.07. The van der Waals surface area contributed by atoms with Gasteiger partial charge in [0.15, 0.2) is 0 Å². The van der Waals surface area contributed by atoms with Crippen LogP contribution in [0.25, 0.3) is 0 Å². The fourth-order valence-corrected chi connectivity index (χ4v) is 2.48. The molecule has 3 N–H and O–H groups in total. The van der Waals surface area contributed by atoms with Crippen molar-refractivity contribution in [3.63, 3.8) is 0 Å². The first-order valence-electron chi connectivity index (χ1n) is 7.30. The summed E-state index contributed by atoms with van der Waals surface area (Å²) in [5.74, 6) is 0.0238. The van der Waals surface area contributed by atoms with E-state index in [1.54, 1.807) is 0 Å². The van der Waals surface area contributed by atoms with Gasteiger partial charge in [0.2, 0.25) is 5.91 Å². The number of thiocarbonyl (C=S) groups is 1. The Bertz CT molecular complexity index is 462. The van der Waals surface area contributed by atoms with Crippen molar-refractivity contribution in [3.8, 4) is 0 Å². The highest BCUT2D eigenvalue weighted by Gasteiger charge is 2.22. The lowest BCUT2D eigenvalue weighted by atomic mass is 10.0. The van der Waals surface area contributed by atoms with Crippen molar-refractivity contribution in [3.05, 3.63) is 35.9 Å². The fourth-order valence-electron chi connectivity index (χ4n) is 2.32. The van der Waals surface area contributed by atoms with Crippen LogP contribution in [0.5, 0.6) is 0 Å². The maximum Gasteiger partial charge on any atom is 0.234 e. The second kappa shape index (κ2) is 8.74. The van der Waals surface area contributed by atoms with Crippen LogP contribution in [0, 0.1) is 0 Å². The van der Waals surface area contributed by atoms with Gasteiger partial charge in [0, 0.05) is 18.5 Å². The molecule has 0 fully saturated rings. The Balaban J connectivity index is 2.88. The summed E-state index contributed by atoms with van der Waals surface area (Å²) in [5.41, 5.74) is 6.87. The first kappa shape index (κ1) is 17.6. The average Bonchev–Trinajstić information content (AvgIpc) is 2.42. The van der Waals surface area contributed by atoms with Crippen LogP contribution in [0.4, 0.5) is 0 Å². The van der Waals surface area contributed by atoms with E-state index in [9.17, 15) is 4.79 Å². The van der Waals surface area contributed by atoms with Gasteiger partial charge in [-0.3, -0.25) is 9.69 Å². The molecule has 0 aliphatic carbocycles. The Labute approximate surface area is 132 Å². The Morgan fingerprint density at radius 1 is 1.33 bits per heavy atom. The molecule has 0 saturated heterocycles. The van der Waals surface area contributed by atoms with Gasteiger partial charge in [0.25, 0.3) is 0 Å². The summed E-state index contributed by atoms with van der Waals surface area (Å²) in [7, 11) is 0. The third-order valence-corrected chi connectivity index (χ3v) is 3.39. The molecule has 4 nitrogen and oxygen atoms in total. The predicted octanol–water partition coefficient (Wildman–Crippen LogP) is 2.25. The molecule has 0 heterocycles. The maximum atomic E-state index is 12.0. The van der Waals surface area contributed by atoms with Crippen LogP contribution in [0.15, 0.2) is 30.3 Å². The van der Waals surface area contributed by atoms with Crippen molar-refractivity contribution in [2.75, 3.05) is 13.1 Å². The molecular weight excluding hydrogens is 282 g/mol. The SMILES string of the molecule is CCN(CC(=O)NC(C)C)C(CC(N)=S)c1ccccc1. The van der Waals surface area contributed by atoms with Crippen LogP contribution in [-0.2, 0) is 4.79 Å². The van der Waals surface area contributed by atoms with E-state index in [0.717, 1.165) is 12.1 Å². The maximum absolute atomic E-state index is 12.0. The highest BCUT2D eigenvalue weighted by Crippen LogP contribution is 2.24. The van der Waals surface area contributed by atoms with E-state index in [-0.39, 0.29) is 18.0 Å². The van der Waals surface area contributed by atoms with Crippen LogP contribution >= 0.6 is 12.2 Å². The second-order valence-electron chi connectivity index (χ2n) is 5.38. The molecule has 1 aromatic carbocycles. The number of amides is 1. The Morgan fingerprint density at radius 2 is 1.95 bits per heavy atom. The Kier molecular flexibility index (Phi) is 7.32. The minimum atomic E-state index is 0.0238. The summed E-state index contributed by atoms with van der Waals surface area (Å²) in [5, 5.41) is 2.92. The number of hydrogen-bond donors (Lipinski definition) is 2. The summed E-state index contributed by atoms with van der Waals surface area (Å²) in [6, 6.07) is 10.2. The van der Waals surface area contributed by atoms with Gasteiger partial charge in [-0.25, -0.2) is 0 Å². The molecule has 1 atom stereocenters. The molecule has 0 bridgehead atoms. The van der Waals surface area contributed by atoms with Gasteiger partial charge >= 0.3 is 0 Å². The van der Waals surface area contributed by atoms with Crippen molar-refractivity contribution in [1.29, 1.82) is 0 Å². The number of benzene rings is 1. The zero-order valence-corrected chi connectivity index (χ0v) is 13.8. The van der Waals surface area contributed by atoms with Gasteiger partial charge in [-0.15, -0.1) is 0 Å². The number of nitrogens with zero attached hydrogens (tertiary/aromatic N) is 1. The topological polar surface area (TPSA) is 58.4 Å². The quantitative estimate of drug-likeness (QED) is 0.723. The molecule has 0 spiro atoms. The lowest BCUT2D eigenvalue weighted by Gasteiger charge is -2.30. The van der Waals surface area contributed by atoms with Crippen LogP contribution in [-0.4, -0.2) is 34.9 Å². The van der Waals surface area contributed by atoms with Gasteiger partial charge in [-0.1, -0.05) is 49.5 Å². The monoisotopic (exact) mass is 307 g/mol. The third kappa shape index (κ3) is 6.23. The normalized spacial score (nSPS) is 12.4. The molecule has 5 heteroatoms. The number of nitrogens with one attached hydrogen (secondary N) is 1. The molecule has 1 aromatic rings. The first-order valence-corrected chi connectivity index (χ1v) is 7.71. The molecule has 0 aliphatic rings. The second-order valence-corrected chi connectivity index (χ2v) is 5.91. The predicted molar refractivity (Wildman–Crippen MR) is 91.1 cm³/mol. The van der Waals surface area contributed by atoms with Crippen molar-refractivity contribution in [2.24, 2.45) is 5.73 Å². The molecule has 0 aromatic heterocycles. The van der Waals surface area contributed by atoms with Crippen molar-refractivity contribution >= 4 is 23.1 Å². The molecule has 1 unspecified atom stereocenters. The standard InChI is InChI=1S/C16H25N3OS/c1-4-19(11-16(20)18-12(2)3)14(10-15(17)21)13-8-6-5-7-9-13/h5-9,12,14H,4,10-11H2,1-3H3,(H2,17,21)(H,18,20). The lowest BCUT2D eigenvalue weighted by Crippen LogP contribution is -2.42. The number of hydrogen-bond acceptors (Lipinski definition) is 3. The molecule has 0 aliphatic heterocycles. The summed E-state index contributed by atoms with van der Waals surface area (Å²) in [6.07, 6.45) is 0.572. The molecule has 0 saturated carbocycles. The molecule has 116 valence electrons. The molecule has 1 amide bonds. The minimum absolute atomic E-state index is 0.0238. The first-order chi connectivity index (χ1) is 9.93. The summed E-state index contributed by atoms with van der Waals surface area (Å²) in [4.78, 5) is 14.6. The molecule has 0 radical (unpaired) electrons. The highest BCUT2D eigenvalue weighted by atomic mass is 32.1. The zero-order chi connectivity index (χ0) is 15.8. The van der Waals surface area contributed by atoms with Crippen LogP contribution in [0.1, 0.15) is 38.8 Å². The largest absolute Gasteiger partial charge is 0.393 e. The van der Waals surface area contributed by atoms with Gasteiger partial charge in [-0.2, -0.15) is 0 Å². The number of carbonyl (C=O) groups excluding carboxylic acids is 1. The lowest BCUT2D eigenvalue weighted by molar-refractivity contribution is -0.123. The number of carbonyl (C=O) groups is 1. The van der Waals surface area contributed by atoms with Crippen molar-refractivity contribution < 1.29 is 4.79 Å². The minimum Gasteiger partial charge on any atom is -0.393 e. The Morgan fingerprint density at radius 3 is 2.43 bits per heavy atom. The van der Waals surface area contributed by atoms with Crippen molar-refractivity contribution in [1.82, 2.24) is 10.2 Å². The van der Waals surface area contributed by atoms with Gasteiger partial charge in [0.05, 0.1) is 11.5 Å². The number of nitrogens with two attached hydrogens (primary N) is 1. The summed E-state index contributed by atoms with van der Waals surface area (Å²) < 4.78 is 0. The van der Waals surface area contributed by atoms with Crippen LogP contribution < -0.4 is 11.1 Å². The number of rotatable bonds is 8. The number of likely N-dealkylation sites (N-methyl/N-ethyl adjacent to an activating group) is 1. The van der Waals surface area contributed by atoms with Crippen LogP contribution in [0.2, 0.25) is 0 Å². The van der Waals surface area contributed by atoms with Gasteiger partial charge in [0.1, 0.15) is 0 Å². The summed E-state index contributed by atoms with van der Waals surface area (Å²) in [6.45, 7) is 7.05.